The van der Waals surface area contributed by atoms with E-state index in [0.29, 0.717) is 5.92 Å². The van der Waals surface area contributed by atoms with Crippen LogP contribution in [0.2, 0.25) is 0 Å². The minimum atomic E-state index is -0.0741. The van der Waals surface area contributed by atoms with Crippen LogP contribution in [-0.2, 0) is 0 Å². The molecule has 0 radical (unpaired) electrons. The quantitative estimate of drug-likeness (QED) is 0.582. The van der Waals surface area contributed by atoms with Gasteiger partial charge in [0, 0.05) is 0 Å². The molecule has 0 heterocycles. The lowest BCUT2D eigenvalue weighted by Gasteiger charge is -2.33. The maximum Gasteiger partial charge on any atom is 0.0922 e. The van der Waals surface area contributed by atoms with Crippen LogP contribution in [-0.4, -0.2) is 6.67 Å². The molecule has 0 aromatic carbocycles. The Labute approximate surface area is 106 Å². The molecular formula is C16H29F. The second-order valence-corrected chi connectivity index (χ2v) is 6.48. The minimum absolute atomic E-state index is 0.0741. The molecule has 2 aliphatic rings. The SMILES string of the molecule is CCC1CCC(C2CCCC(CF)CC2)CC1. The normalized spacial score (nSPS) is 39.9. The van der Waals surface area contributed by atoms with Crippen molar-refractivity contribution >= 4 is 0 Å². The van der Waals surface area contributed by atoms with Crippen LogP contribution in [0, 0.1) is 23.7 Å². The third-order valence-electron chi connectivity index (χ3n) is 5.49. The topological polar surface area (TPSA) is 0 Å². The second kappa shape index (κ2) is 6.75. The molecule has 0 amide bonds. The molecular weight excluding hydrogens is 211 g/mol. The van der Waals surface area contributed by atoms with Gasteiger partial charge < -0.3 is 0 Å². The first-order chi connectivity index (χ1) is 8.33. The lowest BCUT2D eigenvalue weighted by atomic mass is 9.73. The third-order valence-corrected chi connectivity index (χ3v) is 5.49. The Morgan fingerprint density at radius 1 is 0.765 bits per heavy atom. The molecule has 2 aliphatic carbocycles. The number of hydrogen-bond acceptors (Lipinski definition) is 0. The van der Waals surface area contributed by atoms with E-state index in [1.165, 1.54) is 51.4 Å². The Morgan fingerprint density at radius 2 is 1.35 bits per heavy atom. The van der Waals surface area contributed by atoms with Gasteiger partial charge in [0.15, 0.2) is 0 Å². The van der Waals surface area contributed by atoms with E-state index in [0.717, 1.165) is 30.6 Å². The molecule has 2 saturated carbocycles. The van der Waals surface area contributed by atoms with E-state index in [2.05, 4.69) is 6.92 Å². The maximum atomic E-state index is 12.7. The summed E-state index contributed by atoms with van der Waals surface area (Å²) in [5.74, 6) is 3.32. The van der Waals surface area contributed by atoms with E-state index >= 15 is 0 Å². The fourth-order valence-electron chi connectivity index (χ4n) is 4.10. The molecule has 0 aromatic heterocycles. The lowest BCUT2D eigenvalue weighted by Crippen LogP contribution is -2.21. The summed E-state index contributed by atoms with van der Waals surface area (Å²) in [4.78, 5) is 0. The van der Waals surface area contributed by atoms with Crippen LogP contribution < -0.4 is 0 Å². The van der Waals surface area contributed by atoms with Gasteiger partial charge in [-0.2, -0.15) is 0 Å². The van der Waals surface area contributed by atoms with Crippen molar-refractivity contribution in [3.05, 3.63) is 0 Å². The van der Waals surface area contributed by atoms with Gasteiger partial charge in [0.25, 0.3) is 0 Å². The highest BCUT2D eigenvalue weighted by molar-refractivity contribution is 4.80. The lowest BCUT2D eigenvalue weighted by molar-refractivity contribution is 0.184. The predicted molar refractivity (Wildman–Crippen MR) is 71.8 cm³/mol. The predicted octanol–water partition coefficient (Wildman–Crippen LogP) is 5.37. The molecule has 100 valence electrons. The fraction of sp³-hybridized carbons (Fsp3) is 1.00. The molecule has 0 aliphatic heterocycles. The summed E-state index contributed by atoms with van der Waals surface area (Å²) in [5.41, 5.74) is 0. The summed E-state index contributed by atoms with van der Waals surface area (Å²) in [6.07, 6.45) is 13.5. The first-order valence-corrected chi connectivity index (χ1v) is 7.89. The van der Waals surface area contributed by atoms with Gasteiger partial charge in [0.2, 0.25) is 0 Å². The van der Waals surface area contributed by atoms with Crippen molar-refractivity contribution < 1.29 is 4.39 Å². The fourth-order valence-corrected chi connectivity index (χ4v) is 4.10. The molecule has 0 nitrogen and oxygen atoms in total. The van der Waals surface area contributed by atoms with Gasteiger partial charge >= 0.3 is 0 Å². The molecule has 0 N–H and O–H groups in total. The summed E-state index contributed by atoms with van der Waals surface area (Å²) < 4.78 is 12.7. The molecule has 0 saturated heterocycles. The molecule has 2 atom stereocenters. The Hall–Kier alpha value is -0.0700. The number of halogens is 1. The molecule has 0 spiro atoms. The van der Waals surface area contributed by atoms with Gasteiger partial charge in [-0.1, -0.05) is 39.0 Å². The van der Waals surface area contributed by atoms with Crippen LogP contribution in [0.25, 0.3) is 0 Å². The zero-order chi connectivity index (χ0) is 12.1. The smallest absolute Gasteiger partial charge is 0.0922 e. The van der Waals surface area contributed by atoms with Crippen molar-refractivity contribution in [3.8, 4) is 0 Å². The first kappa shape index (κ1) is 13.4. The Morgan fingerprint density at radius 3 is 1.94 bits per heavy atom. The van der Waals surface area contributed by atoms with Crippen molar-refractivity contribution in [2.45, 2.75) is 71.1 Å². The van der Waals surface area contributed by atoms with Crippen molar-refractivity contribution in [1.29, 1.82) is 0 Å². The molecule has 2 unspecified atom stereocenters. The van der Waals surface area contributed by atoms with Gasteiger partial charge in [-0.05, 0) is 55.8 Å². The van der Waals surface area contributed by atoms with Crippen molar-refractivity contribution in [1.82, 2.24) is 0 Å². The Bertz CT molecular complexity index is 206. The number of hydrogen-bond donors (Lipinski definition) is 0. The number of alkyl halides is 1. The third kappa shape index (κ3) is 3.69. The van der Waals surface area contributed by atoms with E-state index in [1.807, 2.05) is 0 Å². The van der Waals surface area contributed by atoms with Gasteiger partial charge in [-0.3, -0.25) is 4.39 Å². The van der Waals surface area contributed by atoms with Crippen LogP contribution in [0.3, 0.4) is 0 Å². The van der Waals surface area contributed by atoms with Crippen molar-refractivity contribution in [2.24, 2.45) is 23.7 Å². The van der Waals surface area contributed by atoms with E-state index in [9.17, 15) is 4.39 Å². The van der Waals surface area contributed by atoms with Gasteiger partial charge in [0.1, 0.15) is 0 Å². The summed E-state index contributed by atoms with van der Waals surface area (Å²) in [6.45, 7) is 2.26. The molecule has 17 heavy (non-hydrogen) atoms. The molecule has 2 fully saturated rings. The van der Waals surface area contributed by atoms with Crippen LogP contribution in [0.5, 0.6) is 0 Å². The van der Waals surface area contributed by atoms with Crippen molar-refractivity contribution in [3.63, 3.8) is 0 Å². The van der Waals surface area contributed by atoms with Gasteiger partial charge in [-0.15, -0.1) is 0 Å². The molecule has 1 heteroatoms. The highest BCUT2D eigenvalue weighted by atomic mass is 19.1. The average Bonchev–Trinajstić information content (AvgIpc) is 2.64. The molecule has 0 bridgehead atoms. The monoisotopic (exact) mass is 240 g/mol. The number of rotatable bonds is 3. The molecule has 2 rings (SSSR count). The Kier molecular flexibility index (Phi) is 5.31. The van der Waals surface area contributed by atoms with Crippen LogP contribution in [0.15, 0.2) is 0 Å². The average molecular weight is 240 g/mol. The second-order valence-electron chi connectivity index (χ2n) is 6.48. The highest BCUT2D eigenvalue weighted by Crippen LogP contribution is 2.40. The summed E-state index contributed by atoms with van der Waals surface area (Å²) in [6, 6.07) is 0. The van der Waals surface area contributed by atoms with Crippen LogP contribution in [0.1, 0.15) is 71.1 Å². The molecule has 0 aromatic rings. The van der Waals surface area contributed by atoms with E-state index in [-0.39, 0.29) is 6.67 Å². The highest BCUT2D eigenvalue weighted by Gasteiger charge is 2.28. The van der Waals surface area contributed by atoms with Crippen LogP contribution in [0.4, 0.5) is 4.39 Å². The summed E-state index contributed by atoms with van der Waals surface area (Å²) in [7, 11) is 0. The summed E-state index contributed by atoms with van der Waals surface area (Å²) in [5, 5.41) is 0. The zero-order valence-electron chi connectivity index (χ0n) is 11.5. The van der Waals surface area contributed by atoms with E-state index in [1.54, 1.807) is 0 Å². The Balaban J connectivity index is 1.78. The first-order valence-electron chi connectivity index (χ1n) is 7.89. The van der Waals surface area contributed by atoms with E-state index < -0.39 is 0 Å². The standard InChI is InChI=1S/C16H29F/c1-2-13-6-9-16(10-7-13)15-5-3-4-14(12-17)8-11-15/h13-16H,2-12H2,1H3. The maximum absolute atomic E-state index is 12.7. The minimum Gasteiger partial charge on any atom is -0.251 e. The summed E-state index contributed by atoms with van der Waals surface area (Å²) >= 11 is 0. The van der Waals surface area contributed by atoms with Gasteiger partial charge in [0.05, 0.1) is 6.67 Å². The van der Waals surface area contributed by atoms with Crippen molar-refractivity contribution in [2.75, 3.05) is 6.67 Å². The van der Waals surface area contributed by atoms with Crippen LogP contribution >= 0.6 is 0 Å². The largest absolute Gasteiger partial charge is 0.251 e. The zero-order valence-corrected chi connectivity index (χ0v) is 11.5. The van der Waals surface area contributed by atoms with Gasteiger partial charge in [-0.25, -0.2) is 0 Å². The van der Waals surface area contributed by atoms with E-state index in [4.69, 9.17) is 0 Å².